The highest BCUT2D eigenvalue weighted by molar-refractivity contribution is 5.83. The molecule has 0 spiro atoms. The molecule has 0 fully saturated rings. The Balaban J connectivity index is 2.23. The Bertz CT molecular complexity index is 854. The van der Waals surface area contributed by atoms with Crippen LogP contribution in [0.3, 0.4) is 0 Å². The number of hydrogen-bond acceptors (Lipinski definition) is 5. The average Bonchev–Trinajstić information content (AvgIpc) is 2.87. The number of nitrogens with zero attached hydrogens (tertiary/aromatic N) is 3. The van der Waals surface area contributed by atoms with Crippen LogP contribution in [0.1, 0.15) is 73.1 Å². The van der Waals surface area contributed by atoms with E-state index in [9.17, 15) is 4.79 Å². The fourth-order valence-electron chi connectivity index (χ4n) is 4.89. The molecule has 0 heterocycles. The van der Waals surface area contributed by atoms with E-state index < -0.39 is 0 Å². The number of allylic oxidation sites excluding steroid dienone is 7. The molecule has 2 rings (SSSR count). The van der Waals surface area contributed by atoms with Gasteiger partial charge in [0.05, 0.1) is 18.0 Å². The van der Waals surface area contributed by atoms with Crippen LogP contribution in [0.2, 0.25) is 0 Å². The summed E-state index contributed by atoms with van der Waals surface area (Å²) < 4.78 is 10.4. The second-order valence-electron chi connectivity index (χ2n) is 9.79. The molecule has 0 saturated heterocycles. The molecule has 0 aromatic heterocycles. The normalized spacial score (nSPS) is 22.5. The molecule has 36 heavy (non-hydrogen) atoms. The van der Waals surface area contributed by atoms with E-state index in [1.165, 1.54) is 0 Å². The summed E-state index contributed by atoms with van der Waals surface area (Å²) in [6.45, 7) is 16.5. The number of carbonyl (C=O) groups excluding carboxylic acids is 1. The summed E-state index contributed by atoms with van der Waals surface area (Å²) in [5.74, 6) is 1.76. The lowest BCUT2D eigenvalue weighted by Gasteiger charge is -2.33. The number of hydrogen-bond donors (Lipinski definition) is 0. The SMILES string of the molecule is C=N/C(=C(\N=C(/CC)N(CCCCOCC(=O)OCC)C(C)C)C1CCC=CC1C)C1C=CC=CC1. The van der Waals surface area contributed by atoms with Gasteiger partial charge in [0.25, 0.3) is 0 Å². The number of unbranched alkanes of at least 4 members (excludes halogenated alkanes) is 1. The van der Waals surface area contributed by atoms with E-state index in [0.29, 0.717) is 31.1 Å². The number of rotatable bonds is 14. The van der Waals surface area contributed by atoms with Crippen LogP contribution >= 0.6 is 0 Å². The van der Waals surface area contributed by atoms with Crippen molar-refractivity contribution in [2.24, 2.45) is 27.7 Å². The molecule has 3 atom stereocenters. The molecule has 0 saturated carbocycles. The van der Waals surface area contributed by atoms with E-state index >= 15 is 0 Å². The number of esters is 1. The van der Waals surface area contributed by atoms with Crippen molar-refractivity contribution in [3.8, 4) is 0 Å². The van der Waals surface area contributed by atoms with Crippen molar-refractivity contribution < 1.29 is 14.3 Å². The molecule has 0 bridgehead atoms. The molecule has 6 nitrogen and oxygen atoms in total. The van der Waals surface area contributed by atoms with Crippen molar-refractivity contribution >= 4 is 18.5 Å². The van der Waals surface area contributed by atoms with Crippen molar-refractivity contribution in [2.75, 3.05) is 26.4 Å². The van der Waals surface area contributed by atoms with Gasteiger partial charge in [0, 0.05) is 37.5 Å². The van der Waals surface area contributed by atoms with Gasteiger partial charge in [-0.05, 0) is 65.5 Å². The number of aliphatic imine (C=N–C) groups is 2. The van der Waals surface area contributed by atoms with E-state index in [4.69, 9.17) is 14.5 Å². The molecule has 0 amide bonds. The topological polar surface area (TPSA) is 63.5 Å². The Kier molecular flexibility index (Phi) is 13.5. The third kappa shape index (κ3) is 9.20. The minimum atomic E-state index is -0.303. The van der Waals surface area contributed by atoms with E-state index in [-0.39, 0.29) is 18.5 Å². The molecule has 0 aliphatic heterocycles. The first-order valence-corrected chi connectivity index (χ1v) is 13.7. The molecule has 6 heteroatoms. The zero-order valence-electron chi connectivity index (χ0n) is 23.1. The lowest BCUT2D eigenvalue weighted by molar-refractivity contribution is -0.148. The van der Waals surface area contributed by atoms with Gasteiger partial charge in [-0.3, -0.25) is 4.99 Å². The summed E-state index contributed by atoms with van der Waals surface area (Å²) in [6, 6.07) is 0.326. The highest BCUT2D eigenvalue weighted by Gasteiger charge is 2.28. The van der Waals surface area contributed by atoms with Gasteiger partial charge in [0.1, 0.15) is 12.4 Å². The highest BCUT2D eigenvalue weighted by Crippen LogP contribution is 2.37. The van der Waals surface area contributed by atoms with Gasteiger partial charge in [-0.2, -0.15) is 0 Å². The van der Waals surface area contributed by atoms with Crippen LogP contribution in [0.15, 0.2) is 57.8 Å². The van der Waals surface area contributed by atoms with Crippen molar-refractivity contribution in [1.82, 2.24) is 4.90 Å². The molecule has 0 aromatic carbocycles. The van der Waals surface area contributed by atoms with Crippen molar-refractivity contribution in [2.45, 2.75) is 79.2 Å². The molecular formula is C30H47N3O3. The van der Waals surface area contributed by atoms with Crippen molar-refractivity contribution in [1.29, 1.82) is 0 Å². The van der Waals surface area contributed by atoms with Crippen molar-refractivity contribution in [3.63, 3.8) is 0 Å². The fourth-order valence-corrected chi connectivity index (χ4v) is 4.89. The van der Waals surface area contributed by atoms with Gasteiger partial charge < -0.3 is 14.4 Å². The predicted octanol–water partition coefficient (Wildman–Crippen LogP) is 6.51. The molecule has 2 aliphatic rings. The van der Waals surface area contributed by atoms with Gasteiger partial charge in [-0.15, -0.1) is 0 Å². The summed E-state index contributed by atoms with van der Waals surface area (Å²) >= 11 is 0. The zero-order chi connectivity index (χ0) is 26.3. The maximum absolute atomic E-state index is 11.5. The lowest BCUT2D eigenvalue weighted by Crippen LogP contribution is -2.38. The smallest absolute Gasteiger partial charge is 0.332 e. The second kappa shape index (κ2) is 16.3. The van der Waals surface area contributed by atoms with E-state index in [1.807, 2.05) is 0 Å². The lowest BCUT2D eigenvalue weighted by atomic mass is 9.80. The summed E-state index contributed by atoms with van der Waals surface area (Å²) in [7, 11) is 0. The number of amidine groups is 1. The molecule has 3 unspecified atom stereocenters. The van der Waals surface area contributed by atoms with Gasteiger partial charge in [-0.1, -0.05) is 50.3 Å². The van der Waals surface area contributed by atoms with Crippen molar-refractivity contribution in [3.05, 3.63) is 47.9 Å². The van der Waals surface area contributed by atoms with Gasteiger partial charge >= 0.3 is 5.97 Å². The summed E-state index contributed by atoms with van der Waals surface area (Å²) in [5.41, 5.74) is 2.12. The first-order valence-electron chi connectivity index (χ1n) is 13.7. The Morgan fingerprint density at radius 2 is 1.94 bits per heavy atom. The average molecular weight is 498 g/mol. The molecule has 0 N–H and O–H groups in total. The van der Waals surface area contributed by atoms with Crippen LogP contribution in [0, 0.1) is 17.8 Å². The minimum absolute atomic E-state index is 0.0215. The fraction of sp³-hybridized carbons (Fsp3) is 0.633. The minimum Gasteiger partial charge on any atom is -0.464 e. The maximum Gasteiger partial charge on any atom is 0.332 e. The summed E-state index contributed by atoms with van der Waals surface area (Å²) in [6.07, 6.45) is 19.0. The van der Waals surface area contributed by atoms with E-state index in [2.05, 4.69) is 80.8 Å². The standard InChI is InChI=1S/C30H47N3O3/c1-7-27(33(23(3)4)20-14-15-21-35-22-28(34)36-8-2)32-30(26-19-13-12-16-24(26)5)29(31-6)25-17-10-9-11-18-25/h9-12,16-17,23-26H,6-8,13-15,18-22H2,1-5H3/b30-29-,32-27+. The highest BCUT2D eigenvalue weighted by atomic mass is 16.6. The number of ether oxygens (including phenoxy) is 2. The van der Waals surface area contributed by atoms with Crippen LogP contribution < -0.4 is 0 Å². The Labute approximate surface area is 218 Å². The third-order valence-corrected chi connectivity index (χ3v) is 6.82. The molecule has 200 valence electrons. The summed E-state index contributed by atoms with van der Waals surface area (Å²) in [5, 5.41) is 0. The second-order valence-corrected chi connectivity index (χ2v) is 9.79. The quantitative estimate of drug-likeness (QED) is 0.0902. The largest absolute Gasteiger partial charge is 0.464 e. The monoisotopic (exact) mass is 497 g/mol. The van der Waals surface area contributed by atoms with Crippen LogP contribution in [0.4, 0.5) is 0 Å². The van der Waals surface area contributed by atoms with Crippen LogP contribution in [0.5, 0.6) is 0 Å². The van der Waals surface area contributed by atoms with Gasteiger partial charge in [0.2, 0.25) is 0 Å². The van der Waals surface area contributed by atoms with Gasteiger partial charge in [0.15, 0.2) is 0 Å². The van der Waals surface area contributed by atoms with Crippen LogP contribution in [-0.2, 0) is 14.3 Å². The summed E-state index contributed by atoms with van der Waals surface area (Å²) in [4.78, 5) is 23.8. The van der Waals surface area contributed by atoms with Crippen LogP contribution in [0.25, 0.3) is 0 Å². The first kappa shape index (κ1) is 29.8. The van der Waals surface area contributed by atoms with Crippen LogP contribution in [-0.4, -0.2) is 55.8 Å². The molecular weight excluding hydrogens is 450 g/mol. The molecule has 0 radical (unpaired) electrons. The Hall–Kier alpha value is -2.47. The van der Waals surface area contributed by atoms with E-state index in [1.54, 1.807) is 6.92 Å². The first-order chi connectivity index (χ1) is 17.4. The molecule has 2 aliphatic carbocycles. The zero-order valence-corrected chi connectivity index (χ0v) is 23.1. The predicted molar refractivity (Wildman–Crippen MR) is 150 cm³/mol. The molecule has 0 aromatic rings. The number of carbonyl (C=O) groups is 1. The Morgan fingerprint density at radius 3 is 2.56 bits per heavy atom. The Morgan fingerprint density at radius 1 is 1.14 bits per heavy atom. The van der Waals surface area contributed by atoms with E-state index in [0.717, 1.165) is 62.3 Å². The maximum atomic E-state index is 11.5. The third-order valence-electron chi connectivity index (χ3n) is 6.82. The van der Waals surface area contributed by atoms with Gasteiger partial charge in [-0.25, -0.2) is 9.79 Å².